The van der Waals surface area contributed by atoms with E-state index in [1.54, 1.807) is 24.4 Å². The molecule has 0 radical (unpaired) electrons. The van der Waals surface area contributed by atoms with Crippen molar-refractivity contribution in [2.75, 3.05) is 10.6 Å². The molecule has 0 aliphatic heterocycles. The van der Waals surface area contributed by atoms with E-state index in [9.17, 15) is 12.8 Å². The number of thiazole rings is 1. The second-order valence-corrected chi connectivity index (χ2v) is 8.77. The van der Waals surface area contributed by atoms with Crippen molar-refractivity contribution in [1.82, 2.24) is 15.0 Å². The zero-order chi connectivity index (χ0) is 20.6. The molecule has 8 nitrogen and oxygen atoms in total. The minimum Gasteiger partial charge on any atom is -0.324 e. The minimum atomic E-state index is -3.75. The first kappa shape index (κ1) is 19.2. The van der Waals surface area contributed by atoms with E-state index >= 15 is 0 Å². The first-order chi connectivity index (χ1) is 13.8. The molecule has 0 spiro atoms. The molecule has 0 unspecified atom stereocenters. The highest BCUT2D eigenvalue weighted by molar-refractivity contribution is 7.89. The number of hydrogen-bond acceptors (Lipinski definition) is 8. The van der Waals surface area contributed by atoms with E-state index in [-0.39, 0.29) is 10.7 Å². The Morgan fingerprint density at radius 3 is 2.55 bits per heavy atom. The van der Waals surface area contributed by atoms with E-state index in [0.29, 0.717) is 28.1 Å². The van der Waals surface area contributed by atoms with Gasteiger partial charge >= 0.3 is 0 Å². The number of nitrogens with zero attached hydrogens (tertiary/aromatic N) is 3. The van der Waals surface area contributed by atoms with Gasteiger partial charge in [-0.05, 0) is 49.4 Å². The fraction of sp³-hybridized carbons (Fsp3) is 0.0556. The van der Waals surface area contributed by atoms with E-state index < -0.39 is 10.0 Å². The molecule has 0 saturated carbocycles. The lowest BCUT2D eigenvalue weighted by Crippen LogP contribution is -2.11. The third-order valence-corrected chi connectivity index (χ3v) is 5.85. The number of nitrogens with one attached hydrogen (secondary N) is 2. The van der Waals surface area contributed by atoms with Crippen molar-refractivity contribution >= 4 is 54.2 Å². The summed E-state index contributed by atoms with van der Waals surface area (Å²) in [5.74, 6) is 0.544. The van der Waals surface area contributed by atoms with Crippen LogP contribution in [0.5, 0.6) is 0 Å². The summed E-state index contributed by atoms with van der Waals surface area (Å²) in [7, 11) is -3.75. The van der Waals surface area contributed by atoms with Gasteiger partial charge in [0.2, 0.25) is 16.0 Å². The van der Waals surface area contributed by atoms with Gasteiger partial charge in [0.25, 0.3) is 0 Å². The third kappa shape index (κ3) is 4.31. The van der Waals surface area contributed by atoms with Crippen LogP contribution < -0.4 is 15.8 Å². The lowest BCUT2D eigenvalue weighted by Gasteiger charge is -2.09. The van der Waals surface area contributed by atoms with Crippen LogP contribution in [-0.2, 0) is 10.0 Å². The topological polar surface area (TPSA) is 123 Å². The van der Waals surface area contributed by atoms with Crippen molar-refractivity contribution in [2.45, 2.75) is 11.8 Å². The molecule has 0 amide bonds. The largest absolute Gasteiger partial charge is 0.324 e. The Hall–Kier alpha value is -3.15. The summed E-state index contributed by atoms with van der Waals surface area (Å²) >= 11 is 1.32. The van der Waals surface area contributed by atoms with Crippen molar-refractivity contribution in [1.29, 1.82) is 0 Å². The van der Waals surface area contributed by atoms with E-state index in [4.69, 9.17) is 5.14 Å². The lowest BCUT2D eigenvalue weighted by molar-refractivity contribution is 0.598. The number of aryl methyl sites for hydroxylation is 1. The quantitative estimate of drug-likeness (QED) is 0.441. The number of nitrogens with two attached hydrogens (primary N) is 1. The summed E-state index contributed by atoms with van der Waals surface area (Å²) in [5.41, 5.74) is 2.09. The number of fused-ring (bicyclic) bond motifs is 1. The van der Waals surface area contributed by atoms with Gasteiger partial charge in [0.05, 0.1) is 15.1 Å². The molecule has 11 heteroatoms. The van der Waals surface area contributed by atoms with Crippen molar-refractivity contribution < 1.29 is 12.8 Å². The monoisotopic (exact) mass is 430 g/mol. The van der Waals surface area contributed by atoms with Gasteiger partial charge in [-0.3, -0.25) is 0 Å². The molecule has 0 aliphatic carbocycles. The Morgan fingerprint density at radius 1 is 1.07 bits per heavy atom. The van der Waals surface area contributed by atoms with E-state index in [0.717, 1.165) is 10.3 Å². The number of aromatic nitrogens is 3. The number of primary sulfonamides is 1. The summed E-state index contributed by atoms with van der Waals surface area (Å²) in [6.45, 7) is 1.85. The average Bonchev–Trinajstić information content (AvgIpc) is 3.05. The molecule has 4 N–H and O–H groups in total. The second kappa shape index (κ2) is 7.35. The smallest absolute Gasteiger partial charge is 0.238 e. The van der Waals surface area contributed by atoms with Crippen molar-refractivity contribution in [3.05, 3.63) is 60.0 Å². The highest BCUT2D eigenvalue weighted by Crippen LogP contribution is 2.29. The first-order valence-electron chi connectivity index (χ1n) is 8.34. The molecular formula is C18H15FN6O2S2. The third-order valence-electron chi connectivity index (χ3n) is 3.99. The fourth-order valence-corrected chi connectivity index (χ4v) is 3.94. The molecule has 0 saturated heterocycles. The van der Waals surface area contributed by atoms with E-state index in [1.807, 2.05) is 6.92 Å². The minimum absolute atomic E-state index is 0.0162. The number of benzene rings is 2. The SMILES string of the molecule is Cc1cnc(Nc2ccc(S(N)(=O)=O)cc2)nc1Nc1nc2ccc(F)cc2s1. The molecule has 0 fully saturated rings. The van der Waals surface area contributed by atoms with Crippen LogP contribution in [0.3, 0.4) is 0 Å². The van der Waals surface area contributed by atoms with E-state index in [1.165, 1.54) is 35.6 Å². The van der Waals surface area contributed by atoms with Gasteiger partial charge in [-0.2, -0.15) is 4.98 Å². The summed E-state index contributed by atoms with van der Waals surface area (Å²) in [5, 5.41) is 11.8. The van der Waals surface area contributed by atoms with Gasteiger partial charge < -0.3 is 10.6 Å². The summed E-state index contributed by atoms with van der Waals surface area (Å²) in [6, 6.07) is 10.3. The molecular weight excluding hydrogens is 415 g/mol. The van der Waals surface area contributed by atoms with Gasteiger partial charge in [0.1, 0.15) is 11.6 Å². The zero-order valence-corrected chi connectivity index (χ0v) is 16.7. The first-order valence-corrected chi connectivity index (χ1v) is 10.7. The van der Waals surface area contributed by atoms with Crippen molar-refractivity contribution in [2.24, 2.45) is 5.14 Å². The van der Waals surface area contributed by atoms with Crippen LogP contribution in [-0.4, -0.2) is 23.4 Å². The summed E-state index contributed by atoms with van der Waals surface area (Å²) in [6.07, 6.45) is 1.64. The molecule has 2 aromatic heterocycles. The highest BCUT2D eigenvalue weighted by Gasteiger charge is 2.10. The van der Waals surface area contributed by atoms with Gasteiger partial charge in [0, 0.05) is 17.4 Å². The summed E-state index contributed by atoms with van der Waals surface area (Å²) in [4.78, 5) is 13.1. The number of hydrogen-bond donors (Lipinski definition) is 3. The van der Waals surface area contributed by atoms with Crippen LogP contribution >= 0.6 is 11.3 Å². The maximum atomic E-state index is 13.4. The number of sulfonamides is 1. The van der Waals surface area contributed by atoms with Crippen LogP contribution in [0.15, 0.2) is 53.6 Å². The van der Waals surface area contributed by atoms with Crippen LogP contribution in [0.25, 0.3) is 10.2 Å². The fourth-order valence-electron chi connectivity index (χ4n) is 2.54. The molecule has 2 heterocycles. The summed E-state index contributed by atoms with van der Waals surface area (Å²) < 4.78 is 36.8. The molecule has 4 rings (SSSR count). The Kier molecular flexibility index (Phi) is 4.86. The molecule has 29 heavy (non-hydrogen) atoms. The van der Waals surface area contributed by atoms with Gasteiger partial charge in [-0.1, -0.05) is 11.3 Å². The molecule has 4 aromatic rings. The Balaban J connectivity index is 1.57. The van der Waals surface area contributed by atoms with Gasteiger partial charge in [-0.15, -0.1) is 0 Å². The van der Waals surface area contributed by atoms with Crippen LogP contribution in [0, 0.1) is 12.7 Å². The maximum absolute atomic E-state index is 13.4. The predicted molar refractivity (Wildman–Crippen MR) is 111 cm³/mol. The molecule has 0 aliphatic rings. The Labute approximate surface area is 169 Å². The molecule has 2 aromatic carbocycles. The van der Waals surface area contributed by atoms with Crippen molar-refractivity contribution in [3.63, 3.8) is 0 Å². The maximum Gasteiger partial charge on any atom is 0.238 e. The van der Waals surface area contributed by atoms with Gasteiger partial charge in [0.15, 0.2) is 5.13 Å². The number of anilines is 4. The second-order valence-electron chi connectivity index (χ2n) is 6.18. The molecule has 0 bridgehead atoms. The van der Waals surface area contributed by atoms with Crippen LogP contribution in [0.2, 0.25) is 0 Å². The van der Waals surface area contributed by atoms with Crippen molar-refractivity contribution in [3.8, 4) is 0 Å². The Bertz CT molecular complexity index is 1310. The molecule has 0 atom stereocenters. The molecule has 148 valence electrons. The lowest BCUT2D eigenvalue weighted by atomic mass is 10.3. The average molecular weight is 430 g/mol. The number of rotatable bonds is 5. The standard InChI is InChI=1S/C18H15FN6O2S2/c1-10-9-21-17(22-12-3-5-13(6-4-12)29(20,26)27)24-16(10)25-18-23-14-7-2-11(19)8-15(14)28-18/h2-9H,1H3,(H2,20,26,27)(H2,21,22,23,24,25). The van der Waals surface area contributed by atoms with Crippen LogP contribution in [0.1, 0.15) is 5.56 Å². The zero-order valence-electron chi connectivity index (χ0n) is 15.0. The Morgan fingerprint density at radius 2 is 1.83 bits per heavy atom. The highest BCUT2D eigenvalue weighted by atomic mass is 32.2. The number of halogens is 1. The van der Waals surface area contributed by atoms with Crippen LogP contribution in [0.4, 0.5) is 27.0 Å². The normalized spacial score (nSPS) is 11.6. The van der Waals surface area contributed by atoms with E-state index in [2.05, 4.69) is 25.6 Å². The predicted octanol–water partition coefficient (Wildman–Crippen LogP) is 3.67. The van der Waals surface area contributed by atoms with Gasteiger partial charge in [-0.25, -0.2) is 27.9 Å².